The van der Waals surface area contributed by atoms with Gasteiger partial charge in [0, 0.05) is 5.54 Å². The van der Waals surface area contributed by atoms with Gasteiger partial charge in [-0.15, -0.1) is 11.8 Å². The number of carboxylic acid groups (broad SMARTS) is 1. The molecule has 0 aliphatic carbocycles. The highest BCUT2D eigenvalue weighted by Gasteiger charge is 2.28. The predicted octanol–water partition coefficient (Wildman–Crippen LogP) is 1.50. The van der Waals surface area contributed by atoms with E-state index in [-0.39, 0.29) is 17.2 Å². The molecule has 4 nitrogen and oxygen atoms in total. The largest absolute Gasteiger partial charge is 0.480 e. The van der Waals surface area contributed by atoms with E-state index in [1.165, 1.54) is 0 Å². The number of carbonyl (C=O) groups is 2. The molecule has 88 valence electrons. The molecule has 0 atom stereocenters. The summed E-state index contributed by atoms with van der Waals surface area (Å²) in [5.41, 5.74) is -0.273. The van der Waals surface area contributed by atoms with Crippen molar-refractivity contribution in [1.82, 2.24) is 5.32 Å². The highest BCUT2D eigenvalue weighted by Crippen LogP contribution is 2.24. The Bertz CT molecular complexity index is 256. The van der Waals surface area contributed by atoms with Crippen molar-refractivity contribution in [2.45, 2.75) is 44.9 Å². The van der Waals surface area contributed by atoms with Crippen molar-refractivity contribution in [2.24, 2.45) is 0 Å². The van der Waals surface area contributed by atoms with Crippen molar-refractivity contribution in [3.05, 3.63) is 0 Å². The molecule has 0 aliphatic rings. The van der Waals surface area contributed by atoms with E-state index in [2.05, 4.69) is 5.32 Å². The Labute approximate surface area is 94.8 Å². The minimum atomic E-state index is -0.921. The lowest BCUT2D eigenvalue weighted by molar-refractivity contribution is -0.138. The second-order valence-corrected chi connectivity index (χ2v) is 6.50. The minimum absolute atomic E-state index is 0.137. The van der Waals surface area contributed by atoms with Crippen molar-refractivity contribution >= 4 is 23.6 Å². The number of amides is 1. The molecule has 0 aromatic carbocycles. The number of hydrogen-bond acceptors (Lipinski definition) is 3. The number of rotatable bonds is 4. The smallest absolute Gasteiger partial charge is 0.319 e. The van der Waals surface area contributed by atoms with E-state index in [9.17, 15) is 9.59 Å². The third-order valence-corrected chi connectivity index (χ3v) is 2.90. The molecule has 0 spiro atoms. The molecular formula is C10H19NO3S. The summed E-state index contributed by atoms with van der Waals surface area (Å²) >= 11 is 1.12. The monoisotopic (exact) mass is 233 g/mol. The Morgan fingerprint density at radius 1 is 1.20 bits per heavy atom. The van der Waals surface area contributed by atoms with E-state index in [1.807, 2.05) is 20.8 Å². The van der Waals surface area contributed by atoms with E-state index in [0.29, 0.717) is 0 Å². The van der Waals surface area contributed by atoms with E-state index >= 15 is 0 Å². The van der Waals surface area contributed by atoms with Crippen LogP contribution < -0.4 is 5.32 Å². The standard InChI is InChI=1S/C10H19NO3S/c1-9(2,3)11-7(12)6-15-10(4,5)8(13)14/h6H2,1-5H3,(H,11,12)(H,13,14). The average Bonchev–Trinajstić information content (AvgIpc) is 1.97. The Balaban J connectivity index is 4.07. The van der Waals surface area contributed by atoms with Crippen LogP contribution in [0, 0.1) is 0 Å². The summed E-state index contributed by atoms with van der Waals surface area (Å²) in [6, 6.07) is 0. The fourth-order valence-electron chi connectivity index (χ4n) is 0.762. The molecule has 0 saturated heterocycles. The lowest BCUT2D eigenvalue weighted by Crippen LogP contribution is -2.42. The molecule has 15 heavy (non-hydrogen) atoms. The normalized spacial score (nSPS) is 12.3. The third kappa shape index (κ3) is 6.38. The van der Waals surface area contributed by atoms with Gasteiger partial charge in [0.2, 0.25) is 5.91 Å². The van der Waals surface area contributed by atoms with E-state index in [4.69, 9.17) is 5.11 Å². The zero-order chi connectivity index (χ0) is 12.3. The molecule has 0 aromatic rings. The van der Waals surface area contributed by atoms with Crippen molar-refractivity contribution in [1.29, 1.82) is 0 Å². The summed E-state index contributed by atoms with van der Waals surface area (Å²) in [5.74, 6) is -0.880. The molecule has 0 rings (SSSR count). The topological polar surface area (TPSA) is 66.4 Å². The molecule has 1 amide bonds. The quantitative estimate of drug-likeness (QED) is 0.772. The van der Waals surface area contributed by atoms with Crippen LogP contribution in [0.3, 0.4) is 0 Å². The van der Waals surface area contributed by atoms with Crippen LogP contribution in [-0.2, 0) is 9.59 Å². The molecule has 0 saturated carbocycles. The fourth-order valence-corrected chi connectivity index (χ4v) is 1.45. The van der Waals surface area contributed by atoms with Gasteiger partial charge in [-0.25, -0.2) is 0 Å². The van der Waals surface area contributed by atoms with Crippen LogP contribution in [0.5, 0.6) is 0 Å². The van der Waals surface area contributed by atoms with E-state index < -0.39 is 10.7 Å². The van der Waals surface area contributed by atoms with Gasteiger partial charge in [-0.2, -0.15) is 0 Å². The molecule has 0 aromatic heterocycles. The molecule has 0 aliphatic heterocycles. The Kier molecular flexibility index (Phi) is 4.65. The maximum Gasteiger partial charge on any atom is 0.319 e. The van der Waals surface area contributed by atoms with Crippen molar-refractivity contribution in [2.75, 3.05) is 5.75 Å². The number of aliphatic carboxylic acids is 1. The fraction of sp³-hybridized carbons (Fsp3) is 0.800. The molecule has 0 heterocycles. The van der Waals surface area contributed by atoms with Crippen LogP contribution >= 0.6 is 11.8 Å². The van der Waals surface area contributed by atoms with Gasteiger partial charge in [-0.05, 0) is 34.6 Å². The average molecular weight is 233 g/mol. The van der Waals surface area contributed by atoms with E-state index in [0.717, 1.165) is 11.8 Å². The molecule has 0 radical (unpaired) electrons. The SMILES string of the molecule is CC(C)(C)NC(=O)CSC(C)(C)C(=O)O. The first-order chi connectivity index (χ1) is 6.54. The number of carboxylic acids is 1. The van der Waals surface area contributed by atoms with Crippen LogP contribution in [0.2, 0.25) is 0 Å². The summed E-state index contributed by atoms with van der Waals surface area (Å²) < 4.78 is -0.921. The Hall–Kier alpha value is -0.710. The Morgan fingerprint density at radius 3 is 2.00 bits per heavy atom. The predicted molar refractivity (Wildman–Crippen MR) is 62.1 cm³/mol. The third-order valence-electron chi connectivity index (χ3n) is 1.59. The summed E-state index contributed by atoms with van der Waals surface area (Å²) in [7, 11) is 0. The van der Waals surface area contributed by atoms with Gasteiger partial charge in [-0.1, -0.05) is 0 Å². The van der Waals surface area contributed by atoms with Crippen molar-refractivity contribution < 1.29 is 14.7 Å². The number of hydrogen-bond donors (Lipinski definition) is 2. The second-order valence-electron chi connectivity index (χ2n) is 4.90. The van der Waals surface area contributed by atoms with Crippen LogP contribution in [0.1, 0.15) is 34.6 Å². The number of carbonyl (C=O) groups excluding carboxylic acids is 1. The second kappa shape index (κ2) is 4.88. The molecule has 0 bridgehead atoms. The lowest BCUT2D eigenvalue weighted by atomic mass is 10.1. The van der Waals surface area contributed by atoms with Gasteiger partial charge >= 0.3 is 5.97 Å². The van der Waals surface area contributed by atoms with Crippen LogP contribution in [0.15, 0.2) is 0 Å². The van der Waals surface area contributed by atoms with Gasteiger partial charge < -0.3 is 10.4 Å². The maximum atomic E-state index is 11.4. The minimum Gasteiger partial charge on any atom is -0.480 e. The summed E-state index contributed by atoms with van der Waals surface area (Å²) in [5, 5.41) is 11.6. The first-order valence-corrected chi connectivity index (χ1v) is 5.71. The molecule has 5 heteroatoms. The first kappa shape index (κ1) is 14.3. The maximum absolute atomic E-state index is 11.4. The molecular weight excluding hydrogens is 214 g/mol. The first-order valence-electron chi connectivity index (χ1n) is 4.73. The Morgan fingerprint density at radius 2 is 1.67 bits per heavy atom. The molecule has 2 N–H and O–H groups in total. The molecule has 0 fully saturated rings. The highest BCUT2D eigenvalue weighted by molar-refractivity contribution is 8.01. The molecule has 0 unspecified atom stereocenters. The zero-order valence-electron chi connectivity index (χ0n) is 9.88. The van der Waals surface area contributed by atoms with Crippen molar-refractivity contribution in [3.8, 4) is 0 Å². The van der Waals surface area contributed by atoms with Crippen LogP contribution in [-0.4, -0.2) is 33.0 Å². The van der Waals surface area contributed by atoms with Crippen molar-refractivity contribution in [3.63, 3.8) is 0 Å². The highest BCUT2D eigenvalue weighted by atomic mass is 32.2. The summed E-state index contributed by atoms with van der Waals surface area (Å²) in [4.78, 5) is 22.2. The lowest BCUT2D eigenvalue weighted by Gasteiger charge is -2.22. The van der Waals surface area contributed by atoms with Gasteiger partial charge in [0.05, 0.1) is 5.75 Å². The van der Waals surface area contributed by atoms with Gasteiger partial charge in [-0.3, -0.25) is 9.59 Å². The van der Waals surface area contributed by atoms with Crippen LogP contribution in [0.4, 0.5) is 0 Å². The van der Waals surface area contributed by atoms with Gasteiger partial charge in [0.25, 0.3) is 0 Å². The summed E-state index contributed by atoms with van der Waals surface area (Å²) in [6.45, 7) is 8.84. The zero-order valence-corrected chi connectivity index (χ0v) is 10.7. The number of thioether (sulfide) groups is 1. The summed E-state index contributed by atoms with van der Waals surface area (Å²) in [6.07, 6.45) is 0. The van der Waals surface area contributed by atoms with Gasteiger partial charge in [0.1, 0.15) is 4.75 Å². The van der Waals surface area contributed by atoms with Crippen LogP contribution in [0.25, 0.3) is 0 Å². The van der Waals surface area contributed by atoms with E-state index in [1.54, 1.807) is 13.8 Å². The number of nitrogens with one attached hydrogen (secondary N) is 1. The van der Waals surface area contributed by atoms with Gasteiger partial charge in [0.15, 0.2) is 0 Å².